The van der Waals surface area contributed by atoms with Crippen molar-refractivity contribution in [3.05, 3.63) is 63.9 Å². The molecule has 0 aliphatic carbocycles. The van der Waals surface area contributed by atoms with Crippen LogP contribution in [0.2, 0.25) is 5.02 Å². The lowest BCUT2D eigenvalue weighted by Crippen LogP contribution is -2.11. The second-order valence-electron chi connectivity index (χ2n) is 4.92. The van der Waals surface area contributed by atoms with Gasteiger partial charge in [0.05, 0.1) is 11.4 Å². The molecule has 21 heavy (non-hydrogen) atoms. The van der Waals surface area contributed by atoms with Crippen LogP contribution in [0.1, 0.15) is 22.5 Å². The fourth-order valence-electron chi connectivity index (χ4n) is 2.16. The van der Waals surface area contributed by atoms with Crippen molar-refractivity contribution in [3.8, 4) is 0 Å². The van der Waals surface area contributed by atoms with Crippen molar-refractivity contribution in [2.75, 3.05) is 5.32 Å². The Balaban J connectivity index is 2.12. The normalized spacial score (nSPS) is 10.9. The van der Waals surface area contributed by atoms with Crippen LogP contribution >= 0.6 is 11.6 Å². The summed E-state index contributed by atoms with van der Waals surface area (Å²) >= 11 is 5.90. The van der Waals surface area contributed by atoms with Crippen LogP contribution in [0.25, 0.3) is 6.08 Å². The molecule has 0 bridgehead atoms. The predicted molar refractivity (Wildman–Crippen MR) is 87.6 cm³/mol. The maximum atomic E-state index is 12.0. The van der Waals surface area contributed by atoms with Crippen molar-refractivity contribution in [2.24, 2.45) is 0 Å². The van der Waals surface area contributed by atoms with Crippen LogP contribution in [0.3, 0.4) is 0 Å². The molecule has 0 atom stereocenters. The van der Waals surface area contributed by atoms with E-state index in [0.717, 1.165) is 28.2 Å². The molecule has 4 heteroatoms. The highest BCUT2D eigenvalue weighted by Crippen LogP contribution is 2.19. The molecule has 0 spiro atoms. The quantitative estimate of drug-likeness (QED) is 0.858. The van der Waals surface area contributed by atoms with E-state index in [0.29, 0.717) is 5.02 Å². The first-order chi connectivity index (χ1) is 9.95. The Bertz CT molecular complexity index is 685. The van der Waals surface area contributed by atoms with Gasteiger partial charge in [0.2, 0.25) is 5.91 Å². The highest BCUT2D eigenvalue weighted by molar-refractivity contribution is 6.30. The number of aryl methyl sites for hydroxylation is 3. The van der Waals surface area contributed by atoms with E-state index < -0.39 is 0 Å². The van der Waals surface area contributed by atoms with Crippen LogP contribution in [0.4, 0.5) is 5.69 Å². The Morgan fingerprint density at radius 3 is 2.67 bits per heavy atom. The lowest BCUT2D eigenvalue weighted by atomic mass is 10.1. The van der Waals surface area contributed by atoms with Gasteiger partial charge in [0.1, 0.15) is 0 Å². The molecule has 0 radical (unpaired) electrons. The number of nitrogens with one attached hydrogen (secondary N) is 1. The van der Waals surface area contributed by atoms with Gasteiger partial charge < -0.3 is 5.32 Å². The molecular weight excluding hydrogens is 284 g/mol. The Labute approximate surface area is 129 Å². The highest BCUT2D eigenvalue weighted by Gasteiger charge is 2.07. The number of pyridine rings is 1. The van der Waals surface area contributed by atoms with Gasteiger partial charge in [-0.15, -0.1) is 0 Å². The molecule has 1 aromatic heterocycles. The van der Waals surface area contributed by atoms with Gasteiger partial charge in [0.25, 0.3) is 0 Å². The number of aromatic nitrogens is 1. The second-order valence-corrected chi connectivity index (χ2v) is 5.35. The summed E-state index contributed by atoms with van der Waals surface area (Å²) in [6, 6.07) is 9.28. The number of carbonyl (C=O) groups is 1. The summed E-state index contributed by atoms with van der Waals surface area (Å²) in [5.74, 6) is -0.188. The highest BCUT2D eigenvalue weighted by atomic mass is 35.5. The monoisotopic (exact) mass is 300 g/mol. The summed E-state index contributed by atoms with van der Waals surface area (Å²) in [6.45, 7) is 5.78. The largest absolute Gasteiger partial charge is 0.321 e. The van der Waals surface area contributed by atoms with Crippen molar-refractivity contribution in [1.82, 2.24) is 4.98 Å². The minimum absolute atomic E-state index is 0.188. The fraction of sp³-hybridized carbons (Fsp3) is 0.176. The van der Waals surface area contributed by atoms with Gasteiger partial charge >= 0.3 is 0 Å². The van der Waals surface area contributed by atoms with E-state index in [1.54, 1.807) is 18.2 Å². The molecule has 3 nitrogen and oxygen atoms in total. The zero-order valence-corrected chi connectivity index (χ0v) is 13.0. The van der Waals surface area contributed by atoms with E-state index in [-0.39, 0.29) is 5.91 Å². The Hall–Kier alpha value is -2.13. The molecule has 2 rings (SSSR count). The first-order valence-electron chi connectivity index (χ1n) is 6.65. The van der Waals surface area contributed by atoms with Gasteiger partial charge in [0.15, 0.2) is 0 Å². The second kappa shape index (κ2) is 6.55. The third-order valence-electron chi connectivity index (χ3n) is 3.05. The minimum Gasteiger partial charge on any atom is -0.321 e. The first kappa shape index (κ1) is 15.3. The number of hydrogen-bond acceptors (Lipinski definition) is 2. The molecule has 0 unspecified atom stereocenters. The average Bonchev–Trinajstić information content (AvgIpc) is 2.40. The SMILES string of the molecule is Cc1cc(C)c(NC(=O)/C=C/c2cccc(Cl)c2)c(C)n1. The zero-order chi connectivity index (χ0) is 15.4. The Kier molecular flexibility index (Phi) is 4.76. The van der Waals surface area contributed by atoms with Crippen LogP contribution in [0.5, 0.6) is 0 Å². The molecule has 2 aromatic rings. The number of hydrogen-bond donors (Lipinski definition) is 1. The van der Waals surface area contributed by atoms with Gasteiger partial charge in [-0.1, -0.05) is 23.7 Å². The van der Waals surface area contributed by atoms with Crippen LogP contribution in [-0.2, 0) is 4.79 Å². The van der Waals surface area contributed by atoms with Crippen LogP contribution in [0, 0.1) is 20.8 Å². The number of rotatable bonds is 3. The molecule has 1 aromatic carbocycles. The van der Waals surface area contributed by atoms with E-state index >= 15 is 0 Å². The lowest BCUT2D eigenvalue weighted by Gasteiger charge is -2.10. The molecule has 108 valence electrons. The van der Waals surface area contributed by atoms with Gasteiger partial charge in [0, 0.05) is 16.8 Å². The summed E-state index contributed by atoms with van der Waals surface area (Å²) in [5, 5.41) is 3.51. The predicted octanol–water partition coefficient (Wildman–Crippen LogP) is 4.31. The lowest BCUT2D eigenvalue weighted by molar-refractivity contribution is -0.111. The minimum atomic E-state index is -0.188. The molecule has 0 saturated heterocycles. The molecule has 0 aliphatic rings. The number of halogens is 1. The summed E-state index contributed by atoms with van der Waals surface area (Å²) < 4.78 is 0. The molecule has 1 N–H and O–H groups in total. The third-order valence-corrected chi connectivity index (χ3v) is 3.28. The van der Waals surface area contributed by atoms with E-state index in [9.17, 15) is 4.79 Å². The number of amides is 1. The van der Waals surface area contributed by atoms with Crippen LogP contribution < -0.4 is 5.32 Å². The molecule has 0 saturated carbocycles. The topological polar surface area (TPSA) is 42.0 Å². The maximum absolute atomic E-state index is 12.0. The number of nitrogens with zero attached hydrogens (tertiary/aromatic N) is 1. The van der Waals surface area contributed by atoms with Crippen LogP contribution in [0.15, 0.2) is 36.4 Å². The Morgan fingerprint density at radius 2 is 2.00 bits per heavy atom. The maximum Gasteiger partial charge on any atom is 0.248 e. The van der Waals surface area contributed by atoms with Gasteiger partial charge in [-0.3, -0.25) is 9.78 Å². The zero-order valence-electron chi connectivity index (χ0n) is 12.3. The molecular formula is C17H17ClN2O. The van der Waals surface area contributed by atoms with Crippen molar-refractivity contribution in [2.45, 2.75) is 20.8 Å². The molecule has 0 fully saturated rings. The average molecular weight is 301 g/mol. The number of anilines is 1. The number of carbonyl (C=O) groups excluding carboxylic acids is 1. The molecule has 1 heterocycles. The van der Waals surface area contributed by atoms with Crippen molar-refractivity contribution < 1.29 is 4.79 Å². The van der Waals surface area contributed by atoms with Gasteiger partial charge in [-0.2, -0.15) is 0 Å². The molecule has 1 amide bonds. The van der Waals surface area contributed by atoms with Gasteiger partial charge in [-0.25, -0.2) is 0 Å². The first-order valence-corrected chi connectivity index (χ1v) is 7.03. The van der Waals surface area contributed by atoms with Gasteiger partial charge in [-0.05, 0) is 56.2 Å². The van der Waals surface area contributed by atoms with E-state index in [4.69, 9.17) is 11.6 Å². The summed E-state index contributed by atoms with van der Waals surface area (Å²) in [6.07, 6.45) is 3.22. The van der Waals surface area contributed by atoms with Crippen LogP contribution in [-0.4, -0.2) is 10.9 Å². The fourth-order valence-corrected chi connectivity index (χ4v) is 2.36. The van der Waals surface area contributed by atoms with E-state index in [2.05, 4.69) is 10.3 Å². The third kappa shape index (κ3) is 4.17. The summed E-state index contributed by atoms with van der Waals surface area (Å²) in [7, 11) is 0. The van der Waals surface area contributed by atoms with Crippen molar-refractivity contribution in [3.63, 3.8) is 0 Å². The van der Waals surface area contributed by atoms with E-state index in [1.807, 2.05) is 39.0 Å². The van der Waals surface area contributed by atoms with Crippen molar-refractivity contribution >= 4 is 29.3 Å². The van der Waals surface area contributed by atoms with Crippen molar-refractivity contribution in [1.29, 1.82) is 0 Å². The number of benzene rings is 1. The summed E-state index contributed by atoms with van der Waals surface area (Å²) in [4.78, 5) is 16.4. The Morgan fingerprint density at radius 1 is 1.24 bits per heavy atom. The summed E-state index contributed by atoms with van der Waals surface area (Å²) in [5.41, 5.74) is 4.41. The van der Waals surface area contributed by atoms with E-state index in [1.165, 1.54) is 6.08 Å². The molecule has 0 aliphatic heterocycles. The standard InChI is InChI=1S/C17H17ClN2O/c1-11-9-12(2)19-13(3)17(11)20-16(21)8-7-14-5-4-6-15(18)10-14/h4-10H,1-3H3,(H,20,21)/b8-7+. The smallest absolute Gasteiger partial charge is 0.248 e.